The van der Waals surface area contributed by atoms with Gasteiger partial charge in [0, 0.05) is 29.3 Å². The molecule has 0 radical (unpaired) electrons. The number of hydrogen-bond donors (Lipinski definition) is 0. The van der Waals surface area contributed by atoms with E-state index in [0.717, 1.165) is 16.4 Å². The van der Waals surface area contributed by atoms with Gasteiger partial charge in [0.25, 0.3) is 0 Å². The number of hydrogen-bond acceptors (Lipinski definition) is 3. The predicted molar refractivity (Wildman–Crippen MR) is 67.6 cm³/mol. The van der Waals surface area contributed by atoms with Crippen LogP contribution >= 0.6 is 15.9 Å². The lowest BCUT2D eigenvalue weighted by atomic mass is 10.1. The molecule has 1 aromatic carbocycles. The average molecular weight is 281 g/mol. The monoisotopic (exact) mass is 280 g/mol. The first kappa shape index (κ1) is 12.7. The largest absolute Gasteiger partial charge is 0.373 e. The Kier molecular flexibility index (Phi) is 4.51. The van der Waals surface area contributed by atoms with Gasteiger partial charge in [0.1, 0.15) is 0 Å². The van der Waals surface area contributed by atoms with Crippen molar-refractivity contribution in [2.45, 2.75) is 6.92 Å². The molecule has 0 amide bonds. The Balaban J connectivity index is 2.85. The molecule has 0 heterocycles. The normalized spacial score (nSPS) is 11.6. The van der Waals surface area contributed by atoms with Gasteiger partial charge in [0.05, 0.1) is 12.0 Å². The zero-order valence-electron chi connectivity index (χ0n) is 9.27. The zero-order chi connectivity index (χ0) is 12.1. The van der Waals surface area contributed by atoms with Crippen LogP contribution in [0.1, 0.15) is 17.3 Å². The summed E-state index contributed by atoms with van der Waals surface area (Å²) in [5.41, 5.74) is 1.62. The van der Waals surface area contributed by atoms with E-state index in [9.17, 15) is 4.79 Å². The lowest BCUT2D eigenvalue weighted by molar-refractivity contribution is 0.112. The number of nitriles is 1. The Bertz CT molecular complexity index is 426. The van der Waals surface area contributed by atoms with Gasteiger partial charge in [0.15, 0.2) is 6.29 Å². The van der Waals surface area contributed by atoms with Gasteiger partial charge in [-0.2, -0.15) is 5.26 Å². The number of carbonyl (C=O) groups excluding carboxylic acids is 1. The highest BCUT2D eigenvalue weighted by atomic mass is 79.9. The van der Waals surface area contributed by atoms with E-state index in [1.54, 1.807) is 6.07 Å². The van der Waals surface area contributed by atoms with Crippen LogP contribution in [-0.2, 0) is 0 Å². The van der Waals surface area contributed by atoms with Crippen molar-refractivity contribution in [1.82, 2.24) is 0 Å². The van der Waals surface area contributed by atoms with Crippen LogP contribution < -0.4 is 4.90 Å². The molecule has 1 rings (SSSR count). The van der Waals surface area contributed by atoms with Crippen LogP contribution in [-0.4, -0.2) is 19.9 Å². The molecule has 0 aliphatic rings. The Morgan fingerprint density at radius 2 is 2.31 bits per heavy atom. The van der Waals surface area contributed by atoms with Gasteiger partial charge in [-0.05, 0) is 41.1 Å². The minimum atomic E-state index is -0.0190. The van der Waals surface area contributed by atoms with Crippen LogP contribution in [0.3, 0.4) is 0 Å². The van der Waals surface area contributed by atoms with Crippen LogP contribution in [0, 0.1) is 17.2 Å². The summed E-state index contributed by atoms with van der Waals surface area (Å²) in [6.45, 7) is 2.55. The smallest absolute Gasteiger partial charge is 0.151 e. The molecule has 0 spiro atoms. The maximum absolute atomic E-state index is 10.6. The molecule has 0 aliphatic heterocycles. The second kappa shape index (κ2) is 5.66. The van der Waals surface area contributed by atoms with Crippen LogP contribution in [0.2, 0.25) is 0 Å². The fourth-order valence-electron chi connectivity index (χ4n) is 1.41. The number of rotatable bonds is 4. The summed E-state index contributed by atoms with van der Waals surface area (Å²) in [6.07, 6.45) is 0.811. The highest BCUT2D eigenvalue weighted by molar-refractivity contribution is 9.10. The summed E-state index contributed by atoms with van der Waals surface area (Å²) < 4.78 is 0.775. The van der Waals surface area contributed by atoms with Crippen molar-refractivity contribution in [3.8, 4) is 6.07 Å². The Morgan fingerprint density at radius 1 is 1.62 bits per heavy atom. The third-order valence-corrected chi connectivity index (χ3v) is 3.01. The van der Waals surface area contributed by atoms with Gasteiger partial charge in [-0.1, -0.05) is 0 Å². The number of nitrogens with zero attached hydrogens (tertiary/aromatic N) is 2. The third kappa shape index (κ3) is 3.07. The molecule has 1 atom stereocenters. The fourth-order valence-corrected chi connectivity index (χ4v) is 1.87. The van der Waals surface area contributed by atoms with Crippen molar-refractivity contribution in [3.05, 3.63) is 28.2 Å². The second-order valence-corrected chi connectivity index (χ2v) is 4.59. The Labute approximate surface area is 104 Å². The van der Waals surface area contributed by atoms with Crippen molar-refractivity contribution >= 4 is 27.9 Å². The molecule has 0 saturated heterocycles. The van der Waals surface area contributed by atoms with E-state index in [-0.39, 0.29) is 5.92 Å². The second-order valence-electron chi connectivity index (χ2n) is 3.73. The number of anilines is 1. The number of carbonyl (C=O) groups is 1. The number of halogens is 1. The van der Waals surface area contributed by atoms with E-state index in [1.807, 2.05) is 31.0 Å². The minimum Gasteiger partial charge on any atom is -0.373 e. The SMILES string of the molecule is CC(C#N)CN(C)c1ccc(C=O)c(Br)c1. The summed E-state index contributed by atoms with van der Waals surface area (Å²) in [5.74, 6) is -0.0190. The average Bonchev–Trinajstić information content (AvgIpc) is 2.28. The van der Waals surface area contributed by atoms with Gasteiger partial charge in [-0.3, -0.25) is 4.79 Å². The molecule has 0 fully saturated rings. The first-order valence-electron chi connectivity index (χ1n) is 4.94. The lowest BCUT2D eigenvalue weighted by Crippen LogP contribution is -2.23. The maximum atomic E-state index is 10.6. The van der Waals surface area contributed by atoms with E-state index in [0.29, 0.717) is 12.1 Å². The van der Waals surface area contributed by atoms with Gasteiger partial charge >= 0.3 is 0 Å². The maximum Gasteiger partial charge on any atom is 0.151 e. The summed E-state index contributed by atoms with van der Waals surface area (Å²) >= 11 is 3.34. The molecule has 0 N–H and O–H groups in total. The van der Waals surface area contributed by atoms with Crippen LogP contribution in [0.4, 0.5) is 5.69 Å². The highest BCUT2D eigenvalue weighted by Gasteiger charge is 2.08. The Hall–Kier alpha value is -1.34. The van der Waals surface area contributed by atoms with Gasteiger partial charge in [-0.15, -0.1) is 0 Å². The predicted octanol–water partition coefficient (Wildman–Crippen LogP) is 2.86. The third-order valence-electron chi connectivity index (χ3n) is 2.32. The van der Waals surface area contributed by atoms with Crippen LogP contribution in [0.5, 0.6) is 0 Å². The Morgan fingerprint density at radius 3 is 2.81 bits per heavy atom. The molecule has 4 heteroatoms. The van der Waals surface area contributed by atoms with Crippen molar-refractivity contribution < 1.29 is 4.79 Å². The van der Waals surface area contributed by atoms with Gasteiger partial charge in [0.2, 0.25) is 0 Å². The lowest BCUT2D eigenvalue weighted by Gasteiger charge is -2.20. The van der Waals surface area contributed by atoms with E-state index < -0.39 is 0 Å². The summed E-state index contributed by atoms with van der Waals surface area (Å²) in [6, 6.07) is 7.71. The van der Waals surface area contributed by atoms with Crippen LogP contribution in [0.15, 0.2) is 22.7 Å². The quantitative estimate of drug-likeness (QED) is 0.797. The zero-order valence-corrected chi connectivity index (χ0v) is 10.9. The molecule has 84 valence electrons. The number of benzene rings is 1. The minimum absolute atomic E-state index is 0.0190. The number of aldehydes is 1. The van der Waals surface area contributed by atoms with Crippen molar-refractivity contribution in [1.29, 1.82) is 5.26 Å². The summed E-state index contributed by atoms with van der Waals surface area (Å²) in [4.78, 5) is 12.6. The first-order valence-corrected chi connectivity index (χ1v) is 5.73. The van der Waals surface area contributed by atoms with E-state index in [2.05, 4.69) is 22.0 Å². The molecule has 1 unspecified atom stereocenters. The molecular weight excluding hydrogens is 268 g/mol. The highest BCUT2D eigenvalue weighted by Crippen LogP contribution is 2.22. The van der Waals surface area contributed by atoms with Gasteiger partial charge in [-0.25, -0.2) is 0 Å². The molecular formula is C12H13BrN2O. The topological polar surface area (TPSA) is 44.1 Å². The van der Waals surface area contributed by atoms with Crippen molar-refractivity contribution in [3.63, 3.8) is 0 Å². The molecule has 16 heavy (non-hydrogen) atoms. The summed E-state index contributed by atoms with van der Waals surface area (Å²) in [7, 11) is 1.93. The van der Waals surface area contributed by atoms with E-state index in [4.69, 9.17) is 5.26 Å². The standard InChI is InChI=1S/C12H13BrN2O/c1-9(6-14)7-15(2)11-4-3-10(8-16)12(13)5-11/h3-5,8-9H,7H2,1-2H3. The van der Waals surface area contributed by atoms with Crippen LogP contribution in [0.25, 0.3) is 0 Å². The fraction of sp³-hybridized carbons (Fsp3) is 0.333. The van der Waals surface area contributed by atoms with E-state index >= 15 is 0 Å². The first-order chi connectivity index (χ1) is 7.58. The molecule has 0 aliphatic carbocycles. The van der Waals surface area contributed by atoms with E-state index in [1.165, 1.54) is 0 Å². The van der Waals surface area contributed by atoms with Crippen molar-refractivity contribution in [2.24, 2.45) is 5.92 Å². The molecule has 0 bridgehead atoms. The molecule has 0 aromatic heterocycles. The summed E-state index contributed by atoms with van der Waals surface area (Å²) in [5, 5.41) is 8.74. The molecule has 0 saturated carbocycles. The molecule has 3 nitrogen and oxygen atoms in total. The molecule has 1 aromatic rings. The van der Waals surface area contributed by atoms with Crippen molar-refractivity contribution in [2.75, 3.05) is 18.5 Å². The van der Waals surface area contributed by atoms with Gasteiger partial charge < -0.3 is 4.90 Å².